The van der Waals surface area contributed by atoms with Crippen LogP contribution in [-0.4, -0.2) is 35.4 Å². The van der Waals surface area contributed by atoms with E-state index >= 15 is 0 Å². The number of thioether (sulfide) groups is 1. The van der Waals surface area contributed by atoms with Gasteiger partial charge in [-0.1, -0.05) is 53.7 Å². The second-order valence-electron chi connectivity index (χ2n) is 7.30. The molecule has 0 aliphatic rings. The Morgan fingerprint density at radius 2 is 1.81 bits per heavy atom. The average molecular weight is 439 g/mol. The molecule has 1 N–H and O–H groups in total. The number of para-hydroxylation sites is 1. The zero-order valence-corrected chi connectivity index (χ0v) is 18.8. The van der Waals surface area contributed by atoms with Gasteiger partial charge in [0.15, 0.2) is 5.17 Å². The van der Waals surface area contributed by atoms with Crippen LogP contribution in [-0.2, 0) is 11.3 Å². The van der Waals surface area contributed by atoms with Crippen molar-refractivity contribution in [3.8, 4) is 5.75 Å². The number of halogens is 1. The van der Waals surface area contributed by atoms with Crippen LogP contribution in [0.3, 0.4) is 0 Å². The second kappa shape index (κ2) is 11.0. The summed E-state index contributed by atoms with van der Waals surface area (Å²) in [5.41, 5.74) is 3.64. The molecule has 0 bridgehead atoms. The summed E-state index contributed by atoms with van der Waals surface area (Å²) < 4.78 is 19.7. The summed E-state index contributed by atoms with van der Waals surface area (Å²) in [6.07, 6.45) is 0. The predicted molar refractivity (Wildman–Crippen MR) is 126 cm³/mol. The number of nitrogens with zero attached hydrogens (tertiary/aromatic N) is 2. The van der Waals surface area contributed by atoms with Gasteiger partial charge in [0.25, 0.3) is 0 Å². The molecular weight excluding hydrogens is 411 g/mol. The van der Waals surface area contributed by atoms with Crippen molar-refractivity contribution in [3.05, 3.63) is 89.2 Å². The second-order valence-corrected chi connectivity index (χ2v) is 8.31. The van der Waals surface area contributed by atoms with Crippen molar-refractivity contribution in [3.63, 3.8) is 0 Å². The molecule has 0 aliphatic heterocycles. The molecule has 31 heavy (non-hydrogen) atoms. The number of phenols is 1. The van der Waals surface area contributed by atoms with Gasteiger partial charge in [0.2, 0.25) is 0 Å². The Bertz CT molecular complexity index is 1040. The van der Waals surface area contributed by atoms with E-state index in [2.05, 4.69) is 36.9 Å². The highest BCUT2D eigenvalue weighted by atomic mass is 32.2. The van der Waals surface area contributed by atoms with Crippen molar-refractivity contribution < 1.29 is 14.2 Å². The lowest BCUT2D eigenvalue weighted by Gasteiger charge is -2.26. The maximum atomic E-state index is 14.4. The van der Waals surface area contributed by atoms with Gasteiger partial charge < -0.3 is 14.7 Å². The van der Waals surface area contributed by atoms with Gasteiger partial charge in [-0.05, 0) is 55.3 Å². The zero-order valence-electron chi connectivity index (χ0n) is 18.0. The Kier molecular flexibility index (Phi) is 8.09. The van der Waals surface area contributed by atoms with E-state index in [1.165, 1.54) is 23.4 Å². The van der Waals surface area contributed by atoms with Crippen molar-refractivity contribution in [1.29, 1.82) is 0 Å². The van der Waals surface area contributed by atoms with E-state index in [9.17, 15) is 9.50 Å². The molecule has 0 aromatic heterocycles. The van der Waals surface area contributed by atoms with Crippen LogP contribution in [0.15, 0.2) is 76.6 Å². The number of aliphatic imine (C=N–C) groups is 1. The lowest BCUT2D eigenvalue weighted by atomic mass is 10.2. The minimum Gasteiger partial charge on any atom is -0.508 e. The number of amidine groups is 1. The Balaban J connectivity index is 2.01. The minimum absolute atomic E-state index is 0.220. The zero-order chi connectivity index (χ0) is 22.2. The van der Waals surface area contributed by atoms with Gasteiger partial charge in [-0.25, -0.2) is 9.38 Å². The fourth-order valence-corrected chi connectivity index (χ4v) is 4.06. The summed E-state index contributed by atoms with van der Waals surface area (Å²) in [6, 6.07) is 19.9. The molecule has 0 heterocycles. The number of rotatable bonds is 7. The van der Waals surface area contributed by atoms with Gasteiger partial charge in [0.05, 0.1) is 6.61 Å². The van der Waals surface area contributed by atoms with E-state index in [4.69, 9.17) is 9.73 Å². The molecule has 0 radical (unpaired) electrons. The van der Waals surface area contributed by atoms with E-state index in [1.54, 1.807) is 37.4 Å². The number of hydrogen-bond donors (Lipinski definition) is 1. The van der Waals surface area contributed by atoms with Crippen LogP contribution in [0.25, 0.3) is 0 Å². The third kappa shape index (κ3) is 6.57. The lowest BCUT2D eigenvalue weighted by molar-refractivity contribution is 0.175. The number of benzene rings is 3. The normalized spacial score (nSPS) is 11.5. The Hall–Kier alpha value is -2.83. The molecule has 0 saturated heterocycles. The SMILES string of the molecule is COCCN(Cc1ccc(O)cc1)C(=Nc1ccccc1F)Sc1ccc(C)cc1C. The summed E-state index contributed by atoms with van der Waals surface area (Å²) in [6.45, 7) is 5.76. The van der Waals surface area contributed by atoms with Crippen LogP contribution in [0.5, 0.6) is 5.75 Å². The summed E-state index contributed by atoms with van der Waals surface area (Å²) in [7, 11) is 1.66. The van der Waals surface area contributed by atoms with Crippen molar-refractivity contribution >= 4 is 22.6 Å². The first kappa shape index (κ1) is 22.8. The van der Waals surface area contributed by atoms with Gasteiger partial charge in [0, 0.05) is 25.1 Å². The highest BCUT2D eigenvalue weighted by Gasteiger charge is 2.17. The highest BCUT2D eigenvalue weighted by molar-refractivity contribution is 8.13. The van der Waals surface area contributed by atoms with Crippen LogP contribution >= 0.6 is 11.8 Å². The standard InChI is InChI=1S/C25H27FN2O2S/c1-18-8-13-24(19(2)16-18)31-25(27-23-7-5-4-6-22(23)26)28(14-15-30-3)17-20-9-11-21(29)12-10-20/h4-13,16,29H,14-15,17H2,1-3H3. The van der Waals surface area contributed by atoms with E-state index < -0.39 is 0 Å². The molecule has 6 heteroatoms. The molecule has 0 spiro atoms. The quantitative estimate of drug-likeness (QED) is 0.276. The van der Waals surface area contributed by atoms with E-state index in [-0.39, 0.29) is 11.6 Å². The number of phenolic OH excluding ortho intramolecular Hbond substituents is 1. The van der Waals surface area contributed by atoms with Crippen molar-refractivity contribution in [2.45, 2.75) is 25.3 Å². The smallest absolute Gasteiger partial charge is 0.169 e. The first-order valence-electron chi connectivity index (χ1n) is 10.1. The summed E-state index contributed by atoms with van der Waals surface area (Å²) >= 11 is 1.51. The lowest BCUT2D eigenvalue weighted by Crippen LogP contribution is -2.31. The topological polar surface area (TPSA) is 45.1 Å². The third-order valence-corrected chi connectivity index (χ3v) is 5.96. The first-order chi connectivity index (χ1) is 15.0. The molecule has 162 valence electrons. The molecule has 0 fully saturated rings. The number of aryl methyl sites for hydroxylation is 2. The van der Waals surface area contributed by atoms with E-state index in [0.29, 0.717) is 30.6 Å². The molecule has 3 aromatic rings. The monoisotopic (exact) mass is 438 g/mol. The van der Waals surface area contributed by atoms with Crippen LogP contribution in [0.2, 0.25) is 0 Å². The van der Waals surface area contributed by atoms with Gasteiger partial charge in [-0.2, -0.15) is 0 Å². The summed E-state index contributed by atoms with van der Waals surface area (Å²) in [5, 5.41) is 10.3. The average Bonchev–Trinajstić information content (AvgIpc) is 2.75. The summed E-state index contributed by atoms with van der Waals surface area (Å²) in [5.74, 6) is -0.144. The van der Waals surface area contributed by atoms with Crippen molar-refractivity contribution in [2.75, 3.05) is 20.3 Å². The van der Waals surface area contributed by atoms with Gasteiger partial charge in [-0.3, -0.25) is 0 Å². The van der Waals surface area contributed by atoms with Gasteiger partial charge in [-0.15, -0.1) is 0 Å². The Labute approximate surface area is 187 Å². The number of aromatic hydroxyl groups is 1. The summed E-state index contributed by atoms with van der Waals surface area (Å²) in [4.78, 5) is 7.85. The molecule has 0 saturated carbocycles. The Morgan fingerprint density at radius 1 is 1.06 bits per heavy atom. The number of ether oxygens (including phenoxy) is 1. The predicted octanol–water partition coefficient (Wildman–Crippen LogP) is 6.08. The first-order valence-corrected chi connectivity index (χ1v) is 10.9. The van der Waals surface area contributed by atoms with E-state index in [1.807, 2.05) is 12.1 Å². The van der Waals surface area contributed by atoms with Crippen molar-refractivity contribution in [1.82, 2.24) is 4.90 Å². The Morgan fingerprint density at radius 3 is 2.48 bits per heavy atom. The third-order valence-electron chi connectivity index (χ3n) is 4.75. The fraction of sp³-hybridized carbons (Fsp3) is 0.240. The molecule has 3 rings (SSSR count). The van der Waals surface area contributed by atoms with Gasteiger partial charge >= 0.3 is 0 Å². The molecule has 0 atom stereocenters. The highest BCUT2D eigenvalue weighted by Crippen LogP contribution is 2.30. The maximum absolute atomic E-state index is 14.4. The minimum atomic E-state index is -0.363. The fourth-order valence-electron chi connectivity index (χ4n) is 3.08. The van der Waals surface area contributed by atoms with Crippen LogP contribution < -0.4 is 0 Å². The molecule has 3 aromatic carbocycles. The molecule has 0 unspecified atom stereocenters. The molecule has 4 nitrogen and oxygen atoms in total. The van der Waals surface area contributed by atoms with Crippen LogP contribution in [0.1, 0.15) is 16.7 Å². The maximum Gasteiger partial charge on any atom is 0.169 e. The van der Waals surface area contributed by atoms with Crippen LogP contribution in [0, 0.1) is 19.7 Å². The molecule has 0 aliphatic carbocycles. The van der Waals surface area contributed by atoms with Crippen molar-refractivity contribution in [2.24, 2.45) is 4.99 Å². The van der Waals surface area contributed by atoms with Gasteiger partial charge in [0.1, 0.15) is 17.3 Å². The molecular formula is C25H27FN2O2S. The number of hydrogen-bond acceptors (Lipinski definition) is 4. The van der Waals surface area contributed by atoms with E-state index in [0.717, 1.165) is 16.0 Å². The number of methoxy groups -OCH3 is 1. The largest absolute Gasteiger partial charge is 0.508 e. The molecule has 0 amide bonds. The van der Waals surface area contributed by atoms with Crippen LogP contribution in [0.4, 0.5) is 10.1 Å².